The Morgan fingerprint density at radius 2 is 1.71 bits per heavy atom. The van der Waals surface area contributed by atoms with E-state index in [4.69, 9.17) is 4.74 Å². The Kier molecular flexibility index (Phi) is 5.65. The van der Waals surface area contributed by atoms with Gasteiger partial charge >= 0.3 is 0 Å². The first kappa shape index (κ1) is 19.8. The number of benzene rings is 3. The summed E-state index contributed by atoms with van der Waals surface area (Å²) >= 11 is 0. The number of halogens is 2. The number of nitrogens with zero attached hydrogens (tertiary/aromatic N) is 1. The third-order valence-electron chi connectivity index (χ3n) is 4.29. The summed E-state index contributed by atoms with van der Waals surface area (Å²) in [5, 5.41) is 0. The van der Waals surface area contributed by atoms with Gasteiger partial charge in [-0.3, -0.25) is 4.31 Å². The third kappa shape index (κ3) is 4.14. The molecule has 0 aliphatic rings. The largest absolute Gasteiger partial charge is 0.497 e. The van der Waals surface area contributed by atoms with Crippen molar-refractivity contribution in [3.05, 3.63) is 89.5 Å². The van der Waals surface area contributed by atoms with E-state index >= 15 is 0 Å². The van der Waals surface area contributed by atoms with Crippen molar-refractivity contribution in [1.29, 1.82) is 0 Å². The normalized spacial score (nSPS) is 11.3. The molecule has 7 heteroatoms. The van der Waals surface area contributed by atoms with Crippen molar-refractivity contribution in [2.75, 3.05) is 11.4 Å². The van der Waals surface area contributed by atoms with Crippen LogP contribution in [0.15, 0.2) is 71.6 Å². The zero-order chi connectivity index (χ0) is 20.3. The molecule has 0 unspecified atom stereocenters. The Morgan fingerprint density at radius 1 is 0.964 bits per heavy atom. The van der Waals surface area contributed by atoms with Crippen molar-refractivity contribution in [3.63, 3.8) is 0 Å². The third-order valence-corrected chi connectivity index (χ3v) is 6.06. The summed E-state index contributed by atoms with van der Waals surface area (Å²) in [7, 11) is -2.63. The van der Waals surface area contributed by atoms with Crippen molar-refractivity contribution in [2.45, 2.75) is 18.4 Å². The first-order valence-corrected chi connectivity index (χ1v) is 9.92. The van der Waals surface area contributed by atoms with E-state index in [9.17, 15) is 17.2 Å². The first-order chi connectivity index (χ1) is 13.3. The summed E-state index contributed by atoms with van der Waals surface area (Å²) in [6.07, 6.45) is 0. The number of aryl methyl sites for hydroxylation is 1. The van der Waals surface area contributed by atoms with Crippen molar-refractivity contribution in [3.8, 4) is 5.75 Å². The fourth-order valence-corrected chi connectivity index (χ4v) is 4.20. The molecule has 0 spiro atoms. The maximum absolute atomic E-state index is 14.0. The molecule has 0 radical (unpaired) electrons. The van der Waals surface area contributed by atoms with Gasteiger partial charge in [-0.2, -0.15) is 0 Å². The maximum atomic E-state index is 14.0. The average Bonchev–Trinajstić information content (AvgIpc) is 2.68. The van der Waals surface area contributed by atoms with E-state index in [0.717, 1.165) is 16.4 Å². The second-order valence-electron chi connectivity index (χ2n) is 6.25. The van der Waals surface area contributed by atoms with Gasteiger partial charge in [-0.15, -0.1) is 0 Å². The fraction of sp³-hybridized carbons (Fsp3) is 0.143. The van der Waals surface area contributed by atoms with Crippen molar-refractivity contribution in [2.24, 2.45) is 0 Å². The Balaban J connectivity index is 2.10. The topological polar surface area (TPSA) is 46.6 Å². The molecule has 0 aliphatic carbocycles. The second kappa shape index (κ2) is 7.98. The van der Waals surface area contributed by atoms with Gasteiger partial charge in [-0.25, -0.2) is 17.2 Å². The van der Waals surface area contributed by atoms with Gasteiger partial charge in [-0.05, 0) is 60.5 Å². The van der Waals surface area contributed by atoms with Crippen LogP contribution in [-0.4, -0.2) is 15.5 Å². The molecule has 0 saturated heterocycles. The molecule has 0 heterocycles. The molecule has 0 atom stereocenters. The maximum Gasteiger partial charge on any atom is 0.264 e. The molecule has 3 aromatic carbocycles. The smallest absolute Gasteiger partial charge is 0.264 e. The molecule has 3 rings (SSSR count). The predicted molar refractivity (Wildman–Crippen MR) is 104 cm³/mol. The summed E-state index contributed by atoms with van der Waals surface area (Å²) in [6.45, 7) is 1.48. The van der Waals surface area contributed by atoms with Crippen molar-refractivity contribution < 1.29 is 21.9 Å². The van der Waals surface area contributed by atoms with E-state index < -0.39 is 21.7 Å². The zero-order valence-corrected chi connectivity index (χ0v) is 16.2. The summed E-state index contributed by atoms with van der Waals surface area (Å²) in [6, 6.07) is 15.9. The molecule has 0 aliphatic heterocycles. The van der Waals surface area contributed by atoms with Crippen LogP contribution in [0.3, 0.4) is 0 Å². The molecule has 0 saturated carbocycles. The van der Waals surface area contributed by atoms with Gasteiger partial charge in [0, 0.05) is 0 Å². The Labute approximate surface area is 163 Å². The van der Waals surface area contributed by atoms with E-state index in [0.29, 0.717) is 16.9 Å². The quantitative estimate of drug-likeness (QED) is 0.601. The molecule has 0 aromatic heterocycles. The number of hydrogen-bond donors (Lipinski definition) is 0. The number of sulfonamides is 1. The molecule has 0 bridgehead atoms. The highest BCUT2D eigenvalue weighted by Gasteiger charge is 2.26. The van der Waals surface area contributed by atoms with Gasteiger partial charge in [0.1, 0.15) is 17.4 Å². The lowest BCUT2D eigenvalue weighted by atomic mass is 10.2. The Bertz CT molecular complexity index is 1100. The molecule has 146 valence electrons. The number of ether oxygens (including phenoxy) is 1. The highest BCUT2D eigenvalue weighted by Crippen LogP contribution is 2.28. The summed E-state index contributed by atoms with van der Waals surface area (Å²) in [5.74, 6) is -0.629. The summed E-state index contributed by atoms with van der Waals surface area (Å²) in [5.41, 5.74) is 1.12. The zero-order valence-electron chi connectivity index (χ0n) is 15.4. The summed E-state index contributed by atoms with van der Waals surface area (Å²) in [4.78, 5) is -0.206. The molecule has 0 N–H and O–H groups in total. The van der Waals surface area contributed by atoms with E-state index in [2.05, 4.69) is 0 Å². The number of hydrogen-bond acceptors (Lipinski definition) is 3. The van der Waals surface area contributed by atoms with Crippen molar-refractivity contribution >= 4 is 15.7 Å². The van der Waals surface area contributed by atoms with Gasteiger partial charge < -0.3 is 4.74 Å². The molecule has 0 fully saturated rings. The average molecular weight is 403 g/mol. The lowest BCUT2D eigenvalue weighted by Gasteiger charge is -2.25. The highest BCUT2D eigenvalue weighted by atomic mass is 32.2. The van der Waals surface area contributed by atoms with Gasteiger partial charge in [0.05, 0.1) is 24.2 Å². The molecular formula is C21H19F2NO3S. The predicted octanol–water partition coefficient (Wildman–Crippen LogP) is 4.68. The highest BCUT2D eigenvalue weighted by molar-refractivity contribution is 7.92. The molecule has 0 amide bonds. The fourth-order valence-electron chi connectivity index (χ4n) is 2.74. The molecule has 28 heavy (non-hydrogen) atoms. The summed E-state index contributed by atoms with van der Waals surface area (Å²) < 4.78 is 60.6. The van der Waals surface area contributed by atoms with E-state index in [1.165, 1.54) is 37.4 Å². The monoisotopic (exact) mass is 403 g/mol. The number of methoxy groups -OCH3 is 1. The second-order valence-corrected chi connectivity index (χ2v) is 8.12. The van der Waals surface area contributed by atoms with Crippen LogP contribution in [0.1, 0.15) is 11.1 Å². The minimum absolute atomic E-state index is 0.0710. The lowest BCUT2D eigenvalue weighted by molar-refractivity contribution is 0.414. The molecule has 3 aromatic rings. The number of anilines is 1. The minimum atomic E-state index is -4.14. The van der Waals surface area contributed by atoms with Gasteiger partial charge in [-0.1, -0.05) is 24.3 Å². The SMILES string of the molecule is COc1cccc(CN(c2cccc(F)c2)S(=O)(=O)c2ccc(C)c(F)c2)c1. The van der Waals surface area contributed by atoms with E-state index in [-0.39, 0.29) is 17.1 Å². The van der Waals surface area contributed by atoms with E-state index in [1.54, 1.807) is 31.2 Å². The molecular weight excluding hydrogens is 384 g/mol. The standard InChI is InChI=1S/C21H19F2NO3S/c1-15-9-10-20(13-21(15)23)28(25,26)24(18-7-4-6-17(22)12-18)14-16-5-3-8-19(11-16)27-2/h3-13H,14H2,1-2H3. The van der Waals surface area contributed by atoms with Gasteiger partial charge in [0.2, 0.25) is 0 Å². The van der Waals surface area contributed by atoms with Crippen molar-refractivity contribution in [1.82, 2.24) is 0 Å². The van der Waals surface area contributed by atoms with Crippen LogP contribution < -0.4 is 9.04 Å². The van der Waals surface area contributed by atoms with Gasteiger partial charge in [0.25, 0.3) is 10.0 Å². The molecule has 4 nitrogen and oxygen atoms in total. The number of rotatable bonds is 6. The van der Waals surface area contributed by atoms with Crippen LogP contribution in [0.4, 0.5) is 14.5 Å². The van der Waals surface area contributed by atoms with Gasteiger partial charge in [0.15, 0.2) is 0 Å². The Morgan fingerprint density at radius 3 is 2.39 bits per heavy atom. The van der Waals surface area contributed by atoms with Crippen LogP contribution in [0.25, 0.3) is 0 Å². The van der Waals surface area contributed by atoms with Crippen LogP contribution in [0.5, 0.6) is 5.75 Å². The minimum Gasteiger partial charge on any atom is -0.497 e. The van der Waals surface area contributed by atoms with Crippen LogP contribution in [-0.2, 0) is 16.6 Å². The Hall–Kier alpha value is -2.93. The lowest BCUT2D eigenvalue weighted by Crippen LogP contribution is -2.30. The van der Waals surface area contributed by atoms with Crippen LogP contribution >= 0.6 is 0 Å². The van der Waals surface area contributed by atoms with E-state index in [1.807, 2.05) is 0 Å². The van der Waals surface area contributed by atoms with Crippen LogP contribution in [0.2, 0.25) is 0 Å². The van der Waals surface area contributed by atoms with Crippen LogP contribution in [0, 0.1) is 18.6 Å². The first-order valence-electron chi connectivity index (χ1n) is 8.48.